The number of aliphatic hydroxyl groups is 1. The lowest BCUT2D eigenvalue weighted by atomic mass is 10.0. The lowest BCUT2D eigenvalue weighted by Crippen LogP contribution is -2.55. The SMILES string of the molecule is Cc1ccc(N2CCO[C@H]([C@@H](O)C(=O)Nc3ccc(-c4noc(=O)[nH]4)cc3)C2=O)cc1C(=O)N1CCOCC1. The number of rotatable bonds is 6. The molecule has 3 amide bonds. The zero-order valence-electron chi connectivity index (χ0n) is 21.1. The number of ether oxygens (including phenoxy) is 2. The second kappa shape index (κ2) is 11.2. The molecule has 0 aliphatic carbocycles. The Labute approximate surface area is 222 Å². The van der Waals surface area contributed by atoms with Crippen molar-refractivity contribution in [2.75, 3.05) is 49.7 Å². The van der Waals surface area contributed by atoms with E-state index in [0.29, 0.717) is 48.8 Å². The Morgan fingerprint density at radius 2 is 1.82 bits per heavy atom. The zero-order chi connectivity index (χ0) is 27.5. The first kappa shape index (κ1) is 26.3. The lowest BCUT2D eigenvalue weighted by Gasteiger charge is -2.34. The van der Waals surface area contributed by atoms with Gasteiger partial charge in [0.05, 0.1) is 19.8 Å². The predicted molar refractivity (Wildman–Crippen MR) is 137 cm³/mol. The largest absolute Gasteiger partial charge is 0.439 e. The molecule has 2 aliphatic heterocycles. The summed E-state index contributed by atoms with van der Waals surface area (Å²) >= 11 is 0. The van der Waals surface area contributed by atoms with E-state index in [0.717, 1.165) is 5.56 Å². The van der Waals surface area contributed by atoms with Crippen LogP contribution >= 0.6 is 0 Å². The molecule has 0 saturated carbocycles. The fraction of sp³-hybridized carbons (Fsp3) is 0.346. The first-order valence-electron chi connectivity index (χ1n) is 12.4. The molecule has 2 aromatic carbocycles. The second-order valence-corrected chi connectivity index (χ2v) is 9.14. The highest BCUT2D eigenvalue weighted by atomic mass is 16.5. The van der Waals surface area contributed by atoms with Crippen LogP contribution in [0.2, 0.25) is 0 Å². The van der Waals surface area contributed by atoms with E-state index in [1.807, 2.05) is 6.92 Å². The number of benzene rings is 2. The fourth-order valence-electron chi connectivity index (χ4n) is 4.45. The Morgan fingerprint density at radius 3 is 2.51 bits per heavy atom. The number of amides is 3. The highest BCUT2D eigenvalue weighted by molar-refractivity contribution is 6.05. The summed E-state index contributed by atoms with van der Waals surface area (Å²) in [6.45, 7) is 4.04. The minimum Gasteiger partial charge on any atom is -0.380 e. The minimum absolute atomic E-state index is 0.0893. The lowest BCUT2D eigenvalue weighted by molar-refractivity contribution is -0.150. The Morgan fingerprint density at radius 1 is 1.08 bits per heavy atom. The summed E-state index contributed by atoms with van der Waals surface area (Å²) < 4.78 is 15.3. The maximum atomic E-state index is 13.3. The number of H-pyrrole nitrogens is 1. The summed E-state index contributed by atoms with van der Waals surface area (Å²) in [5.41, 5.74) is 2.61. The van der Waals surface area contributed by atoms with Crippen LogP contribution in [0, 0.1) is 6.92 Å². The zero-order valence-corrected chi connectivity index (χ0v) is 21.1. The number of hydrogen-bond donors (Lipinski definition) is 3. The van der Waals surface area contributed by atoms with Crippen molar-refractivity contribution in [2.45, 2.75) is 19.1 Å². The third-order valence-corrected chi connectivity index (χ3v) is 6.60. The number of carbonyl (C=O) groups is 3. The summed E-state index contributed by atoms with van der Waals surface area (Å²) in [4.78, 5) is 55.9. The molecule has 2 saturated heterocycles. The van der Waals surface area contributed by atoms with Crippen molar-refractivity contribution in [3.8, 4) is 11.4 Å². The molecule has 39 heavy (non-hydrogen) atoms. The number of aromatic nitrogens is 2. The van der Waals surface area contributed by atoms with E-state index in [9.17, 15) is 24.3 Å². The van der Waals surface area contributed by atoms with Crippen molar-refractivity contribution in [3.63, 3.8) is 0 Å². The molecular formula is C26H27N5O8. The van der Waals surface area contributed by atoms with E-state index in [1.165, 1.54) is 4.90 Å². The molecule has 5 rings (SSSR count). The Kier molecular flexibility index (Phi) is 7.54. The number of hydrogen-bond acceptors (Lipinski definition) is 9. The molecule has 1 aromatic heterocycles. The molecule has 3 N–H and O–H groups in total. The van der Waals surface area contributed by atoms with Gasteiger partial charge in [-0.25, -0.2) is 4.79 Å². The Hall–Kier alpha value is -4.33. The Balaban J connectivity index is 1.27. The maximum Gasteiger partial charge on any atom is 0.439 e. The average molecular weight is 538 g/mol. The molecule has 0 unspecified atom stereocenters. The third kappa shape index (κ3) is 5.60. The molecule has 3 aromatic rings. The topological polar surface area (TPSA) is 167 Å². The van der Waals surface area contributed by atoms with E-state index in [1.54, 1.807) is 47.4 Å². The van der Waals surface area contributed by atoms with Crippen LogP contribution in [0.5, 0.6) is 0 Å². The van der Waals surface area contributed by atoms with Gasteiger partial charge in [0.1, 0.15) is 0 Å². The van der Waals surface area contributed by atoms with Gasteiger partial charge in [0.25, 0.3) is 17.7 Å². The van der Waals surface area contributed by atoms with Gasteiger partial charge in [0.2, 0.25) is 0 Å². The smallest absolute Gasteiger partial charge is 0.380 e. The monoisotopic (exact) mass is 537 g/mol. The standard InChI is InChI=1S/C26H27N5O8/c1-15-2-7-18(14-19(15)24(34)30-8-11-37-12-9-30)31-10-13-38-21(25(31)35)20(32)23(33)27-17-5-3-16(4-6-17)22-28-26(36)39-29-22/h2-7,14,20-21,32H,8-13H2,1H3,(H,27,33)(H,28,29,36)/t20-,21-/m1/s1. The molecule has 204 valence electrons. The quantitative estimate of drug-likeness (QED) is 0.407. The number of anilines is 2. The summed E-state index contributed by atoms with van der Waals surface area (Å²) in [5.74, 6) is -2.03. The molecule has 13 heteroatoms. The summed E-state index contributed by atoms with van der Waals surface area (Å²) in [6.07, 6.45) is -3.22. The van der Waals surface area contributed by atoms with Gasteiger partial charge in [-0.2, -0.15) is 0 Å². The van der Waals surface area contributed by atoms with E-state index in [4.69, 9.17) is 9.47 Å². The number of aliphatic hydroxyl groups excluding tert-OH is 1. The van der Waals surface area contributed by atoms with Crippen LogP contribution in [0.25, 0.3) is 11.4 Å². The van der Waals surface area contributed by atoms with Gasteiger partial charge < -0.3 is 29.7 Å². The van der Waals surface area contributed by atoms with Gasteiger partial charge in [0.15, 0.2) is 18.0 Å². The van der Waals surface area contributed by atoms with Crippen molar-refractivity contribution in [1.82, 2.24) is 15.0 Å². The van der Waals surface area contributed by atoms with Gasteiger partial charge in [-0.3, -0.25) is 23.9 Å². The predicted octanol–water partition coefficient (Wildman–Crippen LogP) is 0.542. The van der Waals surface area contributed by atoms with E-state index < -0.39 is 29.8 Å². The van der Waals surface area contributed by atoms with Crippen molar-refractivity contribution in [3.05, 3.63) is 64.1 Å². The number of aryl methyl sites for hydroxylation is 1. The second-order valence-electron chi connectivity index (χ2n) is 9.14. The molecule has 2 fully saturated rings. The summed E-state index contributed by atoms with van der Waals surface area (Å²) in [6, 6.07) is 11.4. The number of morpholine rings is 2. The molecule has 0 bridgehead atoms. The van der Waals surface area contributed by atoms with Crippen LogP contribution < -0.4 is 16.0 Å². The minimum atomic E-state index is -1.79. The van der Waals surface area contributed by atoms with Gasteiger partial charge in [-0.05, 0) is 48.9 Å². The van der Waals surface area contributed by atoms with Crippen molar-refractivity contribution < 1.29 is 33.5 Å². The number of nitrogens with zero attached hydrogens (tertiary/aromatic N) is 3. The van der Waals surface area contributed by atoms with Gasteiger partial charge in [0, 0.05) is 42.1 Å². The van der Waals surface area contributed by atoms with Crippen LogP contribution in [-0.4, -0.2) is 89.5 Å². The van der Waals surface area contributed by atoms with Gasteiger partial charge in [-0.15, -0.1) is 0 Å². The van der Waals surface area contributed by atoms with Gasteiger partial charge in [-0.1, -0.05) is 11.2 Å². The van der Waals surface area contributed by atoms with E-state index >= 15 is 0 Å². The highest BCUT2D eigenvalue weighted by Crippen LogP contribution is 2.25. The third-order valence-electron chi connectivity index (χ3n) is 6.60. The van der Waals surface area contributed by atoms with Crippen molar-refractivity contribution in [2.24, 2.45) is 0 Å². The van der Waals surface area contributed by atoms with Crippen molar-refractivity contribution in [1.29, 1.82) is 0 Å². The summed E-state index contributed by atoms with van der Waals surface area (Å²) in [7, 11) is 0. The normalized spacial score (nSPS) is 18.6. The van der Waals surface area contributed by atoms with E-state index in [2.05, 4.69) is 20.0 Å². The number of carbonyl (C=O) groups excluding carboxylic acids is 3. The van der Waals surface area contributed by atoms with E-state index in [-0.39, 0.29) is 24.9 Å². The molecule has 3 heterocycles. The molecular weight excluding hydrogens is 510 g/mol. The molecule has 2 aliphatic rings. The first-order valence-corrected chi connectivity index (χ1v) is 12.4. The Bertz CT molecular complexity index is 1430. The van der Waals surface area contributed by atoms with Crippen LogP contribution in [0.3, 0.4) is 0 Å². The number of nitrogens with one attached hydrogen (secondary N) is 2. The maximum absolute atomic E-state index is 13.3. The van der Waals surface area contributed by atoms with Crippen LogP contribution in [0.15, 0.2) is 51.8 Å². The molecule has 0 spiro atoms. The fourth-order valence-corrected chi connectivity index (χ4v) is 4.45. The number of aromatic amines is 1. The van der Waals surface area contributed by atoms with Gasteiger partial charge >= 0.3 is 5.76 Å². The molecule has 13 nitrogen and oxygen atoms in total. The van der Waals surface area contributed by atoms with Crippen molar-refractivity contribution >= 4 is 29.1 Å². The average Bonchev–Trinajstić information content (AvgIpc) is 3.40. The highest BCUT2D eigenvalue weighted by Gasteiger charge is 2.39. The summed E-state index contributed by atoms with van der Waals surface area (Å²) in [5, 5.41) is 16.9. The van der Waals surface area contributed by atoms with Crippen LogP contribution in [0.1, 0.15) is 15.9 Å². The van der Waals surface area contributed by atoms with Crippen LogP contribution in [0.4, 0.5) is 11.4 Å². The first-order chi connectivity index (χ1) is 18.8. The van der Waals surface area contributed by atoms with Crippen LogP contribution in [-0.2, 0) is 19.1 Å². The molecule has 2 atom stereocenters. The molecule has 0 radical (unpaired) electrons.